The lowest BCUT2D eigenvalue weighted by Gasteiger charge is -2.25. The number of hydrogen-bond acceptors (Lipinski definition) is 11. The second-order valence-corrected chi connectivity index (χ2v) is 16.6. The molecule has 2 aromatic carbocycles. The van der Waals surface area contributed by atoms with E-state index in [9.17, 15) is 36.0 Å². The Hall–Kier alpha value is -4.58. The molecule has 0 fully saturated rings. The topological polar surface area (TPSA) is 197 Å². The molecule has 2 amide bonds. The second kappa shape index (κ2) is 18.0. The molecule has 0 radical (unpaired) electrons. The standard InChI is InChI=1S/C35H50F3N5O9S/c1-32(2,3)50-28(44)26(43-53(47,48)24-14-12-13-23(21-24)35(36,37)38)20-22-15-16-27(25(39)19-22)49-18-11-10-17-40-29(41-30(45)51-33(4,5)6)42-31(46)52-34(7,8)9/h12-16,19,21,26,43H,10-11,17-18,20,39H2,1-9H3,(H2,40,41,42,45,46)/t26-/m0/s1. The van der Waals surface area contributed by atoms with Crippen molar-refractivity contribution < 1.29 is 54.9 Å². The predicted octanol–water partition coefficient (Wildman–Crippen LogP) is 6.08. The first-order valence-corrected chi connectivity index (χ1v) is 18.1. The third-order valence-electron chi connectivity index (χ3n) is 6.29. The number of nitrogens with one attached hydrogen (secondary N) is 3. The van der Waals surface area contributed by atoms with E-state index in [2.05, 4.69) is 20.3 Å². The maximum absolute atomic E-state index is 13.3. The first kappa shape index (κ1) is 44.6. The Kier molecular flexibility index (Phi) is 15.1. The largest absolute Gasteiger partial charge is 0.491 e. The van der Waals surface area contributed by atoms with E-state index in [1.54, 1.807) is 68.4 Å². The Balaban J connectivity index is 2.10. The van der Waals surface area contributed by atoms with Crippen LogP contribution in [0.15, 0.2) is 52.4 Å². The van der Waals surface area contributed by atoms with Crippen LogP contribution in [0.1, 0.15) is 86.3 Å². The Morgan fingerprint density at radius 2 is 1.38 bits per heavy atom. The minimum absolute atomic E-state index is 0.156. The van der Waals surface area contributed by atoms with Gasteiger partial charge in [0.1, 0.15) is 28.6 Å². The fourth-order valence-corrected chi connectivity index (χ4v) is 5.46. The first-order chi connectivity index (χ1) is 24.1. The van der Waals surface area contributed by atoms with Crippen LogP contribution < -0.4 is 25.8 Å². The van der Waals surface area contributed by atoms with E-state index in [0.717, 1.165) is 18.2 Å². The monoisotopic (exact) mass is 773 g/mol. The Morgan fingerprint density at radius 3 is 1.89 bits per heavy atom. The number of rotatable bonds is 12. The molecule has 0 aromatic heterocycles. The molecule has 0 heterocycles. The van der Waals surface area contributed by atoms with Crippen LogP contribution in [-0.2, 0) is 41.6 Å². The number of halogens is 3. The van der Waals surface area contributed by atoms with Gasteiger partial charge in [-0.05, 0) is 117 Å². The number of nitrogen functional groups attached to an aromatic ring is 1. The number of nitrogens with zero attached hydrogens (tertiary/aromatic N) is 1. The lowest BCUT2D eigenvalue weighted by atomic mass is 10.1. The SMILES string of the molecule is CC(C)(C)OC(=O)NC(=NCCCCOc1ccc(C[C@H](NS(=O)(=O)c2cccc(C(F)(F)F)c2)C(=O)OC(C)(C)C)cc1N)NC(=O)OC(C)(C)C. The first-order valence-electron chi connectivity index (χ1n) is 16.6. The van der Waals surface area contributed by atoms with Gasteiger partial charge in [0.05, 0.1) is 22.8 Å². The number of esters is 1. The zero-order valence-corrected chi connectivity index (χ0v) is 32.2. The van der Waals surface area contributed by atoms with Crippen LogP contribution in [0.3, 0.4) is 0 Å². The summed E-state index contributed by atoms with van der Waals surface area (Å²) in [4.78, 5) is 41.2. The van der Waals surface area contributed by atoms with Crippen LogP contribution in [-0.4, -0.2) is 68.5 Å². The lowest BCUT2D eigenvalue weighted by molar-refractivity contribution is -0.157. The number of alkyl halides is 3. The fraction of sp³-hybridized carbons (Fsp3) is 0.543. The Morgan fingerprint density at radius 1 is 0.811 bits per heavy atom. The van der Waals surface area contributed by atoms with Crippen molar-refractivity contribution in [3.05, 3.63) is 53.6 Å². The molecule has 0 spiro atoms. The molecule has 0 saturated carbocycles. The molecule has 2 aromatic rings. The van der Waals surface area contributed by atoms with E-state index >= 15 is 0 Å². The molecule has 14 nitrogen and oxygen atoms in total. The second-order valence-electron chi connectivity index (χ2n) is 14.8. The van der Waals surface area contributed by atoms with Gasteiger partial charge in [0.15, 0.2) is 0 Å². The number of alkyl carbamates (subject to hydrolysis) is 2. The summed E-state index contributed by atoms with van der Waals surface area (Å²) in [6, 6.07) is 6.21. The number of nitrogens with two attached hydrogens (primary N) is 1. The summed E-state index contributed by atoms with van der Waals surface area (Å²) in [5.41, 5.74) is 3.05. The van der Waals surface area contributed by atoms with Crippen molar-refractivity contribution in [2.75, 3.05) is 18.9 Å². The summed E-state index contributed by atoms with van der Waals surface area (Å²) in [7, 11) is -4.60. The number of aliphatic imine (C=N–C) groups is 1. The molecule has 18 heteroatoms. The number of guanidine groups is 1. The number of unbranched alkanes of at least 4 members (excludes halogenated alkanes) is 1. The molecular weight excluding hydrogens is 723 g/mol. The van der Waals surface area contributed by atoms with Crippen LogP contribution in [0.5, 0.6) is 5.75 Å². The highest BCUT2D eigenvalue weighted by Gasteiger charge is 2.34. The molecule has 0 aliphatic heterocycles. The van der Waals surface area contributed by atoms with Crippen molar-refractivity contribution in [1.29, 1.82) is 0 Å². The number of carbonyl (C=O) groups is 3. The molecule has 5 N–H and O–H groups in total. The van der Waals surface area contributed by atoms with E-state index in [4.69, 9.17) is 24.7 Å². The number of ether oxygens (including phenoxy) is 4. The van der Waals surface area contributed by atoms with Gasteiger partial charge in [0.2, 0.25) is 16.0 Å². The van der Waals surface area contributed by atoms with Crippen LogP contribution >= 0.6 is 0 Å². The quantitative estimate of drug-likeness (QED) is 0.0490. The molecule has 0 aliphatic carbocycles. The summed E-state index contributed by atoms with van der Waals surface area (Å²) < 4.78 is 89.9. The molecule has 2 rings (SSSR count). The molecule has 296 valence electrons. The van der Waals surface area contributed by atoms with Gasteiger partial charge in [-0.25, -0.2) is 18.0 Å². The summed E-state index contributed by atoms with van der Waals surface area (Å²) in [5, 5.41) is 4.80. The lowest BCUT2D eigenvalue weighted by Crippen LogP contribution is -2.47. The van der Waals surface area contributed by atoms with E-state index in [1.807, 2.05) is 0 Å². The van der Waals surface area contributed by atoms with Crippen molar-refractivity contribution in [3.8, 4) is 5.75 Å². The van der Waals surface area contributed by atoms with Crippen molar-refractivity contribution in [2.45, 2.75) is 115 Å². The van der Waals surface area contributed by atoms with E-state index < -0.39 is 67.7 Å². The number of sulfonamides is 1. The third-order valence-corrected chi connectivity index (χ3v) is 7.76. The number of carbonyl (C=O) groups excluding carboxylic acids is 3. The van der Waals surface area contributed by atoms with Gasteiger partial charge >= 0.3 is 24.3 Å². The van der Waals surface area contributed by atoms with Gasteiger partial charge in [-0.15, -0.1) is 0 Å². The minimum Gasteiger partial charge on any atom is -0.491 e. The molecule has 0 unspecified atom stereocenters. The molecule has 1 atom stereocenters. The van der Waals surface area contributed by atoms with E-state index in [1.165, 1.54) is 12.1 Å². The Labute approximate surface area is 308 Å². The summed E-state index contributed by atoms with van der Waals surface area (Å²) in [5.74, 6) is -0.800. The molecule has 53 heavy (non-hydrogen) atoms. The third kappa shape index (κ3) is 17.2. The Bertz CT molecular complexity index is 1700. The van der Waals surface area contributed by atoms with Crippen molar-refractivity contribution in [2.24, 2.45) is 4.99 Å². The van der Waals surface area contributed by atoms with Crippen molar-refractivity contribution in [3.63, 3.8) is 0 Å². The van der Waals surface area contributed by atoms with Crippen molar-refractivity contribution >= 4 is 39.8 Å². The van der Waals surface area contributed by atoms with E-state index in [0.29, 0.717) is 30.2 Å². The van der Waals surface area contributed by atoms with Gasteiger partial charge in [-0.1, -0.05) is 12.1 Å². The molecule has 0 saturated heterocycles. The molecular formula is C35H50F3N5O9S. The summed E-state index contributed by atoms with van der Waals surface area (Å²) in [6.45, 7) is 15.2. The molecule has 0 bridgehead atoms. The van der Waals surface area contributed by atoms with Crippen LogP contribution in [0.25, 0.3) is 0 Å². The van der Waals surface area contributed by atoms with Crippen LogP contribution in [0, 0.1) is 0 Å². The van der Waals surface area contributed by atoms with Gasteiger partial charge in [0, 0.05) is 6.54 Å². The number of amides is 2. The fourth-order valence-electron chi connectivity index (χ4n) is 4.23. The smallest absolute Gasteiger partial charge is 0.416 e. The minimum atomic E-state index is -4.78. The zero-order chi connectivity index (χ0) is 40.4. The number of hydrogen-bond donors (Lipinski definition) is 4. The normalized spacial score (nSPS) is 13.0. The maximum atomic E-state index is 13.3. The van der Waals surface area contributed by atoms with Gasteiger partial charge in [-0.3, -0.25) is 20.4 Å². The average molecular weight is 774 g/mol. The van der Waals surface area contributed by atoms with Gasteiger partial charge in [-0.2, -0.15) is 17.9 Å². The highest BCUT2D eigenvalue weighted by atomic mass is 32.2. The molecule has 0 aliphatic rings. The zero-order valence-electron chi connectivity index (χ0n) is 31.4. The highest BCUT2D eigenvalue weighted by Crippen LogP contribution is 2.31. The van der Waals surface area contributed by atoms with E-state index in [-0.39, 0.29) is 31.2 Å². The maximum Gasteiger partial charge on any atom is 0.416 e. The average Bonchev–Trinajstić information content (AvgIpc) is 2.96. The summed E-state index contributed by atoms with van der Waals surface area (Å²) >= 11 is 0. The van der Waals surface area contributed by atoms with Crippen molar-refractivity contribution in [1.82, 2.24) is 15.4 Å². The number of anilines is 1. The number of benzene rings is 2. The van der Waals surface area contributed by atoms with Crippen LogP contribution in [0.4, 0.5) is 28.4 Å². The summed E-state index contributed by atoms with van der Waals surface area (Å²) in [6.07, 6.45) is -5.71. The van der Waals surface area contributed by atoms with Crippen LogP contribution in [0.2, 0.25) is 0 Å². The predicted molar refractivity (Wildman–Crippen MR) is 192 cm³/mol. The van der Waals surface area contributed by atoms with Gasteiger partial charge in [0.25, 0.3) is 0 Å². The highest BCUT2D eigenvalue weighted by molar-refractivity contribution is 7.89. The van der Waals surface area contributed by atoms with Gasteiger partial charge < -0.3 is 24.7 Å².